The first-order valence-electron chi connectivity index (χ1n) is 12.7. The maximum absolute atomic E-state index is 11.5. The number of carbonyl (C=O) groups excluding carboxylic acids is 6. The standard InChI is InChI=1S/C13H18O8.C6H10O4.C4H4O3.CO2/c1-2-10(16)20-7-5-18-13-8(6-19-12(7)13)21-11(17)4-3-9(14)15;7-3-1-9-6-4(8)2-10-5(3)6;5-3-1-2-4(6)7-3;2-1-3/h7-8,12-13H,2-6H2,1H3,(H,14,15);3-8H,1-2H2;1-2H2;/t7-,8-,12+,13+;3-,4-,5+,6+;;/m00../s1. The molecule has 0 spiro atoms. The van der Waals surface area contributed by atoms with E-state index in [9.17, 15) is 24.0 Å². The average molecular weight is 593 g/mol. The molecular formula is C24H32O17. The van der Waals surface area contributed by atoms with Crippen LogP contribution in [0.2, 0.25) is 0 Å². The molecule has 0 bridgehead atoms. The van der Waals surface area contributed by atoms with Crippen LogP contribution in [0.25, 0.3) is 0 Å². The van der Waals surface area contributed by atoms with Gasteiger partial charge in [0, 0.05) is 6.42 Å². The molecule has 17 nitrogen and oxygen atoms in total. The molecule has 0 aromatic rings. The second-order valence-corrected chi connectivity index (χ2v) is 9.06. The van der Waals surface area contributed by atoms with E-state index in [1.54, 1.807) is 6.92 Å². The Morgan fingerprint density at radius 2 is 1.17 bits per heavy atom. The van der Waals surface area contributed by atoms with Gasteiger partial charge in [-0.1, -0.05) is 6.92 Å². The van der Waals surface area contributed by atoms with Gasteiger partial charge >= 0.3 is 36.0 Å². The second-order valence-electron chi connectivity index (χ2n) is 9.06. The molecule has 5 rings (SSSR count). The van der Waals surface area contributed by atoms with Gasteiger partial charge in [0.1, 0.15) is 36.6 Å². The highest BCUT2D eigenvalue weighted by molar-refractivity contribution is 5.92. The molecule has 0 aliphatic carbocycles. The third-order valence-corrected chi connectivity index (χ3v) is 6.12. The molecule has 8 atom stereocenters. The predicted octanol–water partition coefficient (Wildman–Crippen LogP) is -2.35. The number of hydrogen-bond donors (Lipinski definition) is 3. The molecule has 3 N–H and O–H groups in total. The number of ether oxygens (including phenoxy) is 7. The van der Waals surface area contributed by atoms with Crippen molar-refractivity contribution in [1.29, 1.82) is 0 Å². The number of hydrogen-bond acceptors (Lipinski definition) is 16. The summed E-state index contributed by atoms with van der Waals surface area (Å²) in [5.74, 6) is -2.80. The summed E-state index contributed by atoms with van der Waals surface area (Å²) in [4.78, 5) is 69.5. The van der Waals surface area contributed by atoms with Gasteiger partial charge in [-0.3, -0.25) is 24.0 Å². The van der Waals surface area contributed by atoms with E-state index in [4.69, 9.17) is 53.3 Å². The van der Waals surface area contributed by atoms with Crippen molar-refractivity contribution in [1.82, 2.24) is 0 Å². The minimum Gasteiger partial charge on any atom is -0.481 e. The lowest BCUT2D eigenvalue weighted by molar-refractivity contribution is -0.192. The van der Waals surface area contributed by atoms with Crippen LogP contribution >= 0.6 is 0 Å². The smallest absolute Gasteiger partial charge is 0.373 e. The fourth-order valence-corrected chi connectivity index (χ4v) is 4.21. The third-order valence-electron chi connectivity index (χ3n) is 6.12. The fraction of sp³-hybridized carbons (Fsp3) is 0.750. The van der Waals surface area contributed by atoms with E-state index >= 15 is 0 Å². The SMILES string of the molecule is CCC(=O)O[C@H]1CO[C@H]2[C@@H]1OC[C@@H]2OC(=O)CCC(=O)O.O=C1CCC(=O)O1.O=C=O.O[C@H]1CO[C@H]2[C@@H]1OC[C@@H]2O. The summed E-state index contributed by atoms with van der Waals surface area (Å²) in [5, 5.41) is 26.8. The van der Waals surface area contributed by atoms with Gasteiger partial charge in [-0.25, -0.2) is 0 Å². The molecule has 5 heterocycles. The number of fused-ring (bicyclic) bond motifs is 2. The Morgan fingerprint density at radius 3 is 1.54 bits per heavy atom. The van der Waals surface area contributed by atoms with Gasteiger partial charge in [-0.15, -0.1) is 0 Å². The Labute approximate surface area is 232 Å². The Balaban J connectivity index is 0.000000240. The van der Waals surface area contributed by atoms with Crippen LogP contribution in [0.1, 0.15) is 39.0 Å². The summed E-state index contributed by atoms with van der Waals surface area (Å²) in [6.07, 6.45) is -3.15. The highest BCUT2D eigenvalue weighted by Crippen LogP contribution is 2.31. The number of aliphatic hydroxyl groups excluding tert-OH is 2. The van der Waals surface area contributed by atoms with Crippen LogP contribution in [0.5, 0.6) is 0 Å². The lowest BCUT2D eigenvalue weighted by Crippen LogP contribution is -2.35. The first-order valence-corrected chi connectivity index (χ1v) is 12.7. The number of carboxylic acid groups (broad SMARTS) is 1. The topological polar surface area (TPSA) is 245 Å². The van der Waals surface area contributed by atoms with Gasteiger partial charge in [-0.05, 0) is 0 Å². The van der Waals surface area contributed by atoms with Crippen molar-refractivity contribution in [3.8, 4) is 0 Å². The van der Waals surface area contributed by atoms with Crippen molar-refractivity contribution < 1.29 is 82.0 Å². The van der Waals surface area contributed by atoms with Gasteiger partial charge < -0.3 is 48.5 Å². The lowest BCUT2D eigenvalue weighted by atomic mass is 10.1. The average Bonchev–Trinajstić information content (AvgIpc) is 3.74. The van der Waals surface area contributed by atoms with Crippen molar-refractivity contribution >= 4 is 36.0 Å². The Kier molecular flexibility index (Phi) is 13.9. The molecule has 230 valence electrons. The van der Waals surface area contributed by atoms with Crippen LogP contribution in [-0.2, 0) is 66.7 Å². The number of esters is 4. The maximum atomic E-state index is 11.5. The van der Waals surface area contributed by atoms with Crippen LogP contribution in [-0.4, -0.2) is 127 Å². The van der Waals surface area contributed by atoms with Crippen LogP contribution in [0.4, 0.5) is 0 Å². The summed E-state index contributed by atoms with van der Waals surface area (Å²) < 4.78 is 35.6. The summed E-state index contributed by atoms with van der Waals surface area (Å²) in [6.45, 7) is 2.61. The van der Waals surface area contributed by atoms with E-state index in [0.29, 0.717) is 0 Å². The normalized spacial score (nSPS) is 32.4. The number of carboxylic acids is 1. The summed E-state index contributed by atoms with van der Waals surface area (Å²) in [5.41, 5.74) is 0. The van der Waals surface area contributed by atoms with Gasteiger partial charge in [0.05, 0.1) is 52.1 Å². The fourth-order valence-electron chi connectivity index (χ4n) is 4.21. The van der Waals surface area contributed by atoms with Crippen LogP contribution < -0.4 is 0 Å². The molecule has 17 heteroatoms. The maximum Gasteiger partial charge on any atom is 0.373 e. The second kappa shape index (κ2) is 16.8. The van der Waals surface area contributed by atoms with E-state index in [1.807, 2.05) is 0 Å². The zero-order valence-electron chi connectivity index (χ0n) is 22.0. The molecule has 0 amide bonds. The predicted molar refractivity (Wildman–Crippen MR) is 123 cm³/mol. The molecule has 41 heavy (non-hydrogen) atoms. The van der Waals surface area contributed by atoms with Crippen molar-refractivity contribution in [3.05, 3.63) is 0 Å². The van der Waals surface area contributed by atoms with Gasteiger partial charge in [0.2, 0.25) is 0 Å². The molecule has 0 unspecified atom stereocenters. The number of carbonyl (C=O) groups is 5. The van der Waals surface area contributed by atoms with Crippen molar-refractivity contribution in [2.45, 2.75) is 87.9 Å². The Hall–Kier alpha value is -3.31. The monoisotopic (exact) mass is 592 g/mol. The first-order chi connectivity index (χ1) is 19.5. The highest BCUT2D eigenvalue weighted by atomic mass is 16.7. The van der Waals surface area contributed by atoms with Crippen molar-refractivity contribution in [2.24, 2.45) is 0 Å². The Morgan fingerprint density at radius 1 is 0.756 bits per heavy atom. The molecule has 5 saturated heterocycles. The van der Waals surface area contributed by atoms with E-state index in [-0.39, 0.29) is 82.9 Å². The van der Waals surface area contributed by atoms with E-state index in [0.717, 1.165) is 0 Å². The van der Waals surface area contributed by atoms with Gasteiger partial charge in [-0.2, -0.15) is 9.59 Å². The van der Waals surface area contributed by atoms with E-state index in [2.05, 4.69) is 4.74 Å². The van der Waals surface area contributed by atoms with Gasteiger partial charge in [0.25, 0.3) is 0 Å². The molecule has 0 radical (unpaired) electrons. The van der Waals surface area contributed by atoms with Crippen molar-refractivity contribution in [3.63, 3.8) is 0 Å². The molecule has 0 saturated carbocycles. The quantitative estimate of drug-likeness (QED) is 0.166. The number of rotatable bonds is 6. The van der Waals surface area contributed by atoms with Crippen molar-refractivity contribution in [2.75, 3.05) is 26.4 Å². The summed E-state index contributed by atoms with van der Waals surface area (Å²) in [7, 11) is 0. The van der Waals surface area contributed by atoms with Crippen LogP contribution in [0.15, 0.2) is 0 Å². The number of aliphatic carboxylic acids is 1. The Bertz CT molecular complexity index is 930. The number of cyclic esters (lactones) is 2. The summed E-state index contributed by atoms with van der Waals surface area (Å²) in [6, 6.07) is 0. The highest BCUT2D eigenvalue weighted by Gasteiger charge is 2.51. The lowest BCUT2D eigenvalue weighted by Gasteiger charge is -2.17. The molecule has 0 aromatic carbocycles. The zero-order valence-corrected chi connectivity index (χ0v) is 22.0. The largest absolute Gasteiger partial charge is 0.481 e. The van der Waals surface area contributed by atoms with Crippen LogP contribution in [0.3, 0.4) is 0 Å². The van der Waals surface area contributed by atoms with Gasteiger partial charge in [0.15, 0.2) is 12.2 Å². The zero-order chi connectivity index (χ0) is 30.5. The molecule has 5 aliphatic heterocycles. The minimum atomic E-state index is -1.06. The van der Waals surface area contributed by atoms with E-state index in [1.165, 1.54) is 0 Å². The summed E-state index contributed by atoms with van der Waals surface area (Å²) >= 11 is 0. The molecule has 5 fully saturated rings. The first kappa shape index (κ1) is 33.9. The molecular weight excluding hydrogens is 560 g/mol. The van der Waals surface area contributed by atoms with E-state index < -0.39 is 60.5 Å². The minimum absolute atomic E-state index is 0.147. The van der Waals surface area contributed by atoms with Crippen LogP contribution in [0, 0.1) is 0 Å². The third kappa shape index (κ3) is 10.6. The molecule has 5 aliphatic rings. The molecule has 0 aromatic heterocycles. The number of aliphatic hydroxyl groups is 2.